The lowest BCUT2D eigenvalue weighted by atomic mass is 10.0. The Morgan fingerprint density at radius 1 is 0.913 bits per heavy atom. The summed E-state index contributed by atoms with van der Waals surface area (Å²) in [6, 6.07) is 16.0. The van der Waals surface area contributed by atoms with E-state index in [0.29, 0.717) is 10.4 Å². The zero-order chi connectivity index (χ0) is 15.8. The van der Waals surface area contributed by atoms with E-state index in [1.165, 1.54) is 0 Å². The van der Waals surface area contributed by atoms with E-state index in [-0.39, 0.29) is 0 Å². The predicted molar refractivity (Wildman–Crippen MR) is 98.2 cm³/mol. The molecular formula is C17H11BrN4S. The van der Waals surface area contributed by atoms with Gasteiger partial charge in [-0.2, -0.15) is 0 Å². The van der Waals surface area contributed by atoms with Crippen LogP contribution in [0.15, 0.2) is 58.6 Å². The highest BCUT2D eigenvalue weighted by Gasteiger charge is 2.15. The van der Waals surface area contributed by atoms with E-state index < -0.39 is 0 Å². The minimum atomic E-state index is 0.381. The number of fused-ring (bicyclic) bond motifs is 1. The lowest BCUT2D eigenvalue weighted by Crippen LogP contribution is -2.00. The average Bonchev–Trinajstić information content (AvgIpc) is 3.05. The van der Waals surface area contributed by atoms with Crippen LogP contribution in [0.3, 0.4) is 0 Å². The second-order valence-corrected chi connectivity index (χ2v) is 6.64. The molecule has 0 aliphatic heterocycles. The molecule has 0 fully saturated rings. The largest absolute Gasteiger partial charge is 0.381 e. The van der Waals surface area contributed by atoms with Gasteiger partial charge < -0.3 is 5.73 Å². The van der Waals surface area contributed by atoms with Crippen LogP contribution in [-0.4, -0.2) is 15.0 Å². The molecule has 2 aromatic carbocycles. The highest BCUT2D eigenvalue weighted by atomic mass is 79.9. The number of hydrogen-bond acceptors (Lipinski definition) is 5. The van der Waals surface area contributed by atoms with E-state index in [4.69, 9.17) is 5.73 Å². The summed E-state index contributed by atoms with van der Waals surface area (Å²) in [7, 11) is 0. The van der Waals surface area contributed by atoms with Crippen molar-refractivity contribution in [2.45, 2.75) is 0 Å². The van der Waals surface area contributed by atoms with Crippen LogP contribution >= 0.6 is 27.3 Å². The van der Waals surface area contributed by atoms with Crippen LogP contribution < -0.4 is 5.73 Å². The van der Waals surface area contributed by atoms with Crippen LogP contribution in [0.2, 0.25) is 0 Å². The van der Waals surface area contributed by atoms with Crippen LogP contribution in [0.5, 0.6) is 0 Å². The number of nitrogens with zero attached hydrogens (tertiary/aromatic N) is 3. The Bertz CT molecular complexity index is 998. The van der Waals surface area contributed by atoms with E-state index >= 15 is 0 Å². The molecule has 0 unspecified atom stereocenters. The van der Waals surface area contributed by atoms with Gasteiger partial charge >= 0.3 is 0 Å². The molecule has 2 N–H and O–H groups in total. The van der Waals surface area contributed by atoms with Crippen molar-refractivity contribution in [3.8, 4) is 22.5 Å². The molecule has 2 aromatic heterocycles. The van der Waals surface area contributed by atoms with Gasteiger partial charge in [0, 0.05) is 11.1 Å². The van der Waals surface area contributed by atoms with E-state index in [1.807, 2.05) is 48.0 Å². The first-order chi connectivity index (χ1) is 11.2. The Morgan fingerprint density at radius 3 is 2.52 bits per heavy atom. The number of rotatable bonds is 2. The SMILES string of the molecule is Nc1nc(-c2ccccc2)c(-c2ccc3ncsc3c2)nc1Br. The average molecular weight is 383 g/mol. The van der Waals surface area contributed by atoms with E-state index in [2.05, 4.69) is 36.9 Å². The topological polar surface area (TPSA) is 64.7 Å². The van der Waals surface area contributed by atoms with Gasteiger partial charge in [0.2, 0.25) is 0 Å². The van der Waals surface area contributed by atoms with Gasteiger partial charge in [-0.1, -0.05) is 36.4 Å². The summed E-state index contributed by atoms with van der Waals surface area (Å²) >= 11 is 4.99. The number of benzene rings is 2. The van der Waals surface area contributed by atoms with E-state index in [1.54, 1.807) is 11.3 Å². The van der Waals surface area contributed by atoms with Gasteiger partial charge in [-0.25, -0.2) is 15.0 Å². The maximum atomic E-state index is 5.95. The maximum Gasteiger partial charge on any atom is 0.157 e. The number of nitrogens with two attached hydrogens (primary N) is 1. The Balaban J connectivity index is 1.98. The smallest absolute Gasteiger partial charge is 0.157 e. The molecular weight excluding hydrogens is 372 g/mol. The molecule has 112 valence electrons. The minimum absolute atomic E-state index is 0.381. The zero-order valence-electron chi connectivity index (χ0n) is 11.9. The molecule has 4 rings (SSSR count). The highest BCUT2D eigenvalue weighted by Crippen LogP contribution is 2.34. The lowest BCUT2D eigenvalue weighted by molar-refractivity contribution is 1.19. The Hall–Kier alpha value is -2.31. The molecule has 6 heteroatoms. The fourth-order valence-corrected chi connectivity index (χ4v) is 3.41. The summed E-state index contributed by atoms with van der Waals surface area (Å²) in [5, 5.41) is 0. The van der Waals surface area contributed by atoms with E-state index in [9.17, 15) is 0 Å². The van der Waals surface area contributed by atoms with E-state index in [0.717, 1.165) is 32.7 Å². The van der Waals surface area contributed by atoms with Crippen LogP contribution in [0, 0.1) is 0 Å². The monoisotopic (exact) mass is 382 g/mol. The standard InChI is InChI=1S/C17H11BrN4S/c18-16-17(19)22-14(10-4-2-1-3-5-10)15(21-16)11-6-7-12-13(8-11)23-9-20-12/h1-9H,(H2,19,22). The number of thiazole rings is 1. The van der Waals surface area contributed by atoms with Crippen molar-refractivity contribution in [3.05, 3.63) is 58.6 Å². The third-order valence-corrected chi connectivity index (χ3v) is 4.91. The predicted octanol–water partition coefficient (Wildman–Crippen LogP) is 4.77. The molecule has 0 atom stereocenters. The molecule has 0 radical (unpaired) electrons. The molecule has 0 spiro atoms. The second-order valence-electron chi connectivity index (χ2n) is 5.00. The Morgan fingerprint density at radius 2 is 1.70 bits per heavy atom. The first-order valence-electron chi connectivity index (χ1n) is 6.94. The van der Waals surface area contributed by atoms with Gasteiger partial charge in [0.1, 0.15) is 4.60 Å². The molecule has 4 aromatic rings. The van der Waals surface area contributed by atoms with Crippen molar-refractivity contribution >= 4 is 43.3 Å². The molecule has 0 aliphatic carbocycles. The normalized spacial score (nSPS) is 11.0. The van der Waals surface area contributed by atoms with Gasteiger partial charge in [0.25, 0.3) is 0 Å². The van der Waals surface area contributed by atoms with Crippen LogP contribution in [0.25, 0.3) is 32.7 Å². The summed E-state index contributed by atoms with van der Waals surface area (Å²) < 4.78 is 1.67. The number of nitrogen functional groups attached to an aromatic ring is 1. The molecule has 0 saturated heterocycles. The molecule has 23 heavy (non-hydrogen) atoms. The number of hydrogen-bond donors (Lipinski definition) is 1. The summed E-state index contributed by atoms with van der Waals surface area (Å²) in [5.74, 6) is 0.381. The second kappa shape index (κ2) is 5.72. The van der Waals surface area contributed by atoms with Gasteiger partial charge in [0.05, 0.1) is 27.1 Å². The third kappa shape index (κ3) is 2.60. The molecule has 0 aliphatic rings. The fourth-order valence-electron chi connectivity index (χ4n) is 2.43. The first kappa shape index (κ1) is 14.3. The molecule has 0 saturated carbocycles. The molecule has 0 amide bonds. The van der Waals surface area contributed by atoms with Crippen LogP contribution in [-0.2, 0) is 0 Å². The quantitative estimate of drug-likeness (QED) is 0.542. The van der Waals surface area contributed by atoms with Crippen molar-refractivity contribution in [2.75, 3.05) is 5.73 Å². The first-order valence-corrected chi connectivity index (χ1v) is 8.62. The summed E-state index contributed by atoms with van der Waals surface area (Å²) in [5.41, 5.74) is 12.3. The Kier molecular flexibility index (Phi) is 3.55. The number of aromatic nitrogens is 3. The minimum Gasteiger partial charge on any atom is -0.381 e. The highest BCUT2D eigenvalue weighted by molar-refractivity contribution is 9.10. The van der Waals surface area contributed by atoms with Gasteiger partial charge in [-0.05, 0) is 28.1 Å². The third-order valence-electron chi connectivity index (χ3n) is 3.53. The van der Waals surface area contributed by atoms with Crippen molar-refractivity contribution in [1.82, 2.24) is 15.0 Å². The van der Waals surface area contributed by atoms with Gasteiger partial charge in [-0.3, -0.25) is 0 Å². The summed E-state index contributed by atoms with van der Waals surface area (Å²) in [6.45, 7) is 0. The van der Waals surface area contributed by atoms with Gasteiger partial charge in [0.15, 0.2) is 5.82 Å². The lowest BCUT2D eigenvalue weighted by Gasteiger charge is -2.10. The van der Waals surface area contributed by atoms with Crippen LogP contribution in [0.1, 0.15) is 0 Å². The summed E-state index contributed by atoms with van der Waals surface area (Å²) in [4.78, 5) is 13.5. The van der Waals surface area contributed by atoms with Crippen LogP contribution in [0.4, 0.5) is 5.82 Å². The fraction of sp³-hybridized carbons (Fsp3) is 0. The maximum absolute atomic E-state index is 5.95. The van der Waals surface area contributed by atoms with Crippen molar-refractivity contribution in [3.63, 3.8) is 0 Å². The van der Waals surface area contributed by atoms with Crippen molar-refractivity contribution in [1.29, 1.82) is 0 Å². The number of anilines is 1. The molecule has 4 nitrogen and oxygen atoms in total. The molecule has 0 bridgehead atoms. The summed E-state index contributed by atoms with van der Waals surface area (Å²) in [6.07, 6.45) is 0. The zero-order valence-corrected chi connectivity index (χ0v) is 14.3. The Labute approximate surface area is 145 Å². The van der Waals surface area contributed by atoms with Crippen molar-refractivity contribution in [2.24, 2.45) is 0 Å². The molecule has 2 heterocycles. The number of halogens is 1. The van der Waals surface area contributed by atoms with Crippen molar-refractivity contribution < 1.29 is 0 Å². The van der Waals surface area contributed by atoms with Gasteiger partial charge in [-0.15, -0.1) is 11.3 Å².